The van der Waals surface area contributed by atoms with Crippen molar-refractivity contribution in [2.75, 3.05) is 11.9 Å². The van der Waals surface area contributed by atoms with Crippen molar-refractivity contribution < 1.29 is 19.1 Å². The number of fused-ring (bicyclic) bond motifs is 2. The minimum absolute atomic E-state index is 0.285. The van der Waals surface area contributed by atoms with Crippen LogP contribution in [0.4, 0.5) is 5.00 Å². The molecular formula is C24H25NO4S. The molecule has 0 aliphatic heterocycles. The number of benzene rings is 2. The zero-order valence-electron chi connectivity index (χ0n) is 17.2. The number of nitrogens with one attached hydrogen (secondary N) is 1. The monoisotopic (exact) mass is 423 g/mol. The van der Waals surface area contributed by atoms with E-state index in [1.165, 1.54) is 16.2 Å². The molecule has 156 valence electrons. The van der Waals surface area contributed by atoms with Crippen molar-refractivity contribution in [2.24, 2.45) is 0 Å². The van der Waals surface area contributed by atoms with Crippen LogP contribution in [0, 0.1) is 0 Å². The van der Waals surface area contributed by atoms with Gasteiger partial charge in [0.25, 0.3) is 5.91 Å². The second-order valence-electron chi connectivity index (χ2n) is 7.39. The smallest absolute Gasteiger partial charge is 0.341 e. The Morgan fingerprint density at radius 1 is 1.10 bits per heavy atom. The first-order valence-corrected chi connectivity index (χ1v) is 11.2. The number of anilines is 1. The van der Waals surface area contributed by atoms with Crippen LogP contribution in [-0.2, 0) is 22.4 Å². The first kappa shape index (κ1) is 20.4. The van der Waals surface area contributed by atoms with Crippen LogP contribution in [0.25, 0.3) is 10.8 Å². The molecular weight excluding hydrogens is 398 g/mol. The maximum Gasteiger partial charge on any atom is 0.341 e. The van der Waals surface area contributed by atoms with Gasteiger partial charge in [-0.05, 0) is 68.0 Å². The third-order valence-corrected chi connectivity index (χ3v) is 6.50. The molecule has 1 heterocycles. The molecule has 1 aliphatic rings. The van der Waals surface area contributed by atoms with Gasteiger partial charge >= 0.3 is 5.97 Å². The summed E-state index contributed by atoms with van der Waals surface area (Å²) in [4.78, 5) is 26.6. The highest BCUT2D eigenvalue weighted by molar-refractivity contribution is 7.17. The number of carbonyl (C=O) groups is 2. The molecule has 0 saturated carbocycles. The lowest BCUT2D eigenvalue weighted by atomic mass is 9.95. The van der Waals surface area contributed by atoms with Gasteiger partial charge in [0.15, 0.2) is 6.10 Å². The largest absolute Gasteiger partial charge is 0.481 e. The fraction of sp³-hybridized carbons (Fsp3) is 0.333. The maximum atomic E-state index is 12.8. The number of hydrogen-bond acceptors (Lipinski definition) is 5. The number of hydrogen-bond donors (Lipinski definition) is 1. The fourth-order valence-electron chi connectivity index (χ4n) is 3.79. The van der Waals surface area contributed by atoms with Gasteiger partial charge in [-0.15, -0.1) is 11.3 Å². The van der Waals surface area contributed by atoms with E-state index in [1.54, 1.807) is 13.8 Å². The topological polar surface area (TPSA) is 64.6 Å². The first-order chi connectivity index (χ1) is 14.6. The van der Waals surface area contributed by atoms with Crippen molar-refractivity contribution in [1.82, 2.24) is 0 Å². The van der Waals surface area contributed by atoms with Gasteiger partial charge in [-0.1, -0.05) is 30.3 Å². The van der Waals surface area contributed by atoms with Crippen molar-refractivity contribution in [3.05, 3.63) is 58.5 Å². The van der Waals surface area contributed by atoms with Crippen molar-refractivity contribution in [3.63, 3.8) is 0 Å². The Morgan fingerprint density at radius 3 is 2.67 bits per heavy atom. The van der Waals surface area contributed by atoms with E-state index in [0.29, 0.717) is 22.9 Å². The molecule has 1 aliphatic carbocycles. The molecule has 0 fully saturated rings. The quantitative estimate of drug-likeness (QED) is 0.542. The Labute approximate surface area is 180 Å². The van der Waals surface area contributed by atoms with Gasteiger partial charge in [-0.3, -0.25) is 4.79 Å². The summed E-state index contributed by atoms with van der Waals surface area (Å²) in [6.45, 7) is 3.80. The molecule has 0 saturated heterocycles. The van der Waals surface area contributed by atoms with E-state index < -0.39 is 6.10 Å². The van der Waals surface area contributed by atoms with Crippen LogP contribution >= 0.6 is 11.3 Å². The first-order valence-electron chi connectivity index (χ1n) is 10.3. The number of thiophene rings is 1. The Kier molecular flexibility index (Phi) is 6.04. The van der Waals surface area contributed by atoms with Gasteiger partial charge in [-0.25, -0.2) is 4.79 Å². The molecule has 5 nitrogen and oxygen atoms in total. The molecule has 6 heteroatoms. The lowest BCUT2D eigenvalue weighted by molar-refractivity contribution is -0.122. The minimum Gasteiger partial charge on any atom is -0.481 e. The number of esters is 1. The van der Waals surface area contributed by atoms with Crippen LogP contribution in [-0.4, -0.2) is 24.6 Å². The fourth-order valence-corrected chi connectivity index (χ4v) is 5.07. The van der Waals surface area contributed by atoms with Crippen molar-refractivity contribution in [1.29, 1.82) is 0 Å². The lowest BCUT2D eigenvalue weighted by Crippen LogP contribution is -2.30. The van der Waals surface area contributed by atoms with Gasteiger partial charge in [0, 0.05) is 4.88 Å². The number of rotatable bonds is 6. The van der Waals surface area contributed by atoms with E-state index in [0.717, 1.165) is 42.0 Å². The number of carbonyl (C=O) groups excluding carboxylic acids is 2. The molecule has 30 heavy (non-hydrogen) atoms. The molecule has 0 radical (unpaired) electrons. The van der Waals surface area contributed by atoms with E-state index in [4.69, 9.17) is 9.47 Å². The zero-order valence-corrected chi connectivity index (χ0v) is 18.0. The second kappa shape index (κ2) is 8.88. The predicted octanol–water partition coefficient (Wildman–Crippen LogP) is 5.36. The molecule has 1 aromatic heterocycles. The summed E-state index contributed by atoms with van der Waals surface area (Å²) >= 11 is 1.48. The Morgan fingerprint density at radius 2 is 1.87 bits per heavy atom. The van der Waals surface area contributed by atoms with E-state index in [-0.39, 0.29) is 11.9 Å². The molecule has 1 N–H and O–H groups in total. The van der Waals surface area contributed by atoms with Gasteiger partial charge in [0.1, 0.15) is 10.8 Å². The van der Waals surface area contributed by atoms with Gasteiger partial charge in [0.2, 0.25) is 0 Å². The number of ether oxygens (including phenoxy) is 2. The highest BCUT2D eigenvalue weighted by Crippen LogP contribution is 2.38. The highest BCUT2D eigenvalue weighted by Gasteiger charge is 2.28. The summed E-state index contributed by atoms with van der Waals surface area (Å²) in [7, 11) is 0. The number of aryl methyl sites for hydroxylation is 1. The Balaban J connectivity index is 1.52. The molecule has 1 unspecified atom stereocenters. The summed E-state index contributed by atoms with van der Waals surface area (Å²) in [5.74, 6) is -0.0185. The summed E-state index contributed by atoms with van der Waals surface area (Å²) in [5.41, 5.74) is 1.55. The van der Waals surface area contributed by atoms with E-state index in [9.17, 15) is 9.59 Å². The molecule has 0 bridgehead atoms. The molecule has 3 aromatic rings. The predicted molar refractivity (Wildman–Crippen MR) is 120 cm³/mol. The van der Waals surface area contributed by atoms with E-state index in [2.05, 4.69) is 5.32 Å². The van der Waals surface area contributed by atoms with Crippen LogP contribution in [0.2, 0.25) is 0 Å². The normalized spacial score (nSPS) is 14.1. The molecule has 4 rings (SSSR count). The average molecular weight is 424 g/mol. The standard InChI is InChI=1S/C24H25NO4S/c1-3-28-24(27)21-19-10-6-7-11-20(19)30-23(21)25-22(26)15(2)29-18-13-12-16-8-4-5-9-17(16)14-18/h4-5,8-9,12-15H,3,6-7,10-11H2,1-2H3,(H,25,26). The number of amides is 1. The van der Waals surface area contributed by atoms with E-state index in [1.807, 2.05) is 42.5 Å². The second-order valence-corrected chi connectivity index (χ2v) is 8.50. The summed E-state index contributed by atoms with van der Waals surface area (Å²) in [5, 5.41) is 5.66. The summed E-state index contributed by atoms with van der Waals surface area (Å²) < 4.78 is 11.1. The summed E-state index contributed by atoms with van der Waals surface area (Å²) in [6, 6.07) is 13.8. The Bertz CT molecular complexity index is 1090. The lowest BCUT2D eigenvalue weighted by Gasteiger charge is -2.15. The molecule has 1 amide bonds. The molecule has 1 atom stereocenters. The van der Waals surface area contributed by atoms with Gasteiger partial charge < -0.3 is 14.8 Å². The summed E-state index contributed by atoms with van der Waals surface area (Å²) in [6.07, 6.45) is 3.22. The van der Waals surface area contributed by atoms with Crippen LogP contribution in [0.3, 0.4) is 0 Å². The van der Waals surface area contributed by atoms with Crippen LogP contribution in [0.5, 0.6) is 5.75 Å². The SMILES string of the molecule is CCOC(=O)c1c(NC(=O)C(C)Oc2ccc3ccccc3c2)sc2c1CCCC2. The molecule has 2 aromatic carbocycles. The van der Waals surface area contributed by atoms with Gasteiger partial charge in [0.05, 0.1) is 12.2 Å². The Hall–Kier alpha value is -2.86. The van der Waals surface area contributed by atoms with Gasteiger partial charge in [-0.2, -0.15) is 0 Å². The third kappa shape index (κ3) is 4.19. The minimum atomic E-state index is -0.708. The highest BCUT2D eigenvalue weighted by atomic mass is 32.1. The molecule has 0 spiro atoms. The van der Waals surface area contributed by atoms with Crippen LogP contribution < -0.4 is 10.1 Å². The van der Waals surface area contributed by atoms with Crippen molar-refractivity contribution in [2.45, 2.75) is 45.6 Å². The van der Waals surface area contributed by atoms with E-state index >= 15 is 0 Å². The van der Waals surface area contributed by atoms with Crippen LogP contribution in [0.15, 0.2) is 42.5 Å². The van der Waals surface area contributed by atoms with Crippen LogP contribution in [0.1, 0.15) is 47.5 Å². The average Bonchev–Trinajstić information content (AvgIpc) is 3.11. The van der Waals surface area contributed by atoms with Crippen molar-refractivity contribution in [3.8, 4) is 5.75 Å². The maximum absolute atomic E-state index is 12.8. The zero-order chi connectivity index (χ0) is 21.1. The van der Waals surface area contributed by atoms with Crippen molar-refractivity contribution >= 4 is 39.0 Å². The third-order valence-electron chi connectivity index (χ3n) is 5.29.